The van der Waals surface area contributed by atoms with Crippen molar-refractivity contribution in [3.8, 4) is 18.4 Å². The van der Waals surface area contributed by atoms with Crippen molar-refractivity contribution >= 4 is 9.84 Å². The Balaban J connectivity index is 2.72. The molecule has 100 valence electrons. The number of nitriles is 1. The molecular formula is C14H16N2O2S. The minimum atomic E-state index is -3.39. The average molecular weight is 276 g/mol. The van der Waals surface area contributed by atoms with Crippen LogP contribution in [0.1, 0.15) is 18.9 Å². The zero-order valence-corrected chi connectivity index (χ0v) is 11.6. The summed E-state index contributed by atoms with van der Waals surface area (Å²) in [6.07, 6.45) is 6.03. The maximum Gasteiger partial charge on any atom is 0.179 e. The molecule has 0 aliphatic rings. The molecule has 0 spiro atoms. The van der Waals surface area contributed by atoms with Crippen molar-refractivity contribution in [3.63, 3.8) is 0 Å². The zero-order chi connectivity index (χ0) is 14.3. The Morgan fingerprint density at radius 2 is 2.21 bits per heavy atom. The van der Waals surface area contributed by atoms with E-state index in [-0.39, 0.29) is 16.7 Å². The Hall–Kier alpha value is -1.82. The highest BCUT2D eigenvalue weighted by Gasteiger charge is 2.15. The molecule has 1 atom stereocenters. The van der Waals surface area contributed by atoms with Crippen molar-refractivity contribution in [1.29, 1.82) is 5.26 Å². The molecule has 0 radical (unpaired) electrons. The lowest BCUT2D eigenvalue weighted by Crippen LogP contribution is -2.31. The van der Waals surface area contributed by atoms with Crippen LogP contribution in [0.4, 0.5) is 0 Å². The third kappa shape index (κ3) is 4.40. The molecule has 19 heavy (non-hydrogen) atoms. The molecule has 0 heterocycles. The van der Waals surface area contributed by atoms with Crippen LogP contribution in [0, 0.1) is 23.7 Å². The Bertz CT molecular complexity index is 609. The lowest BCUT2D eigenvalue weighted by atomic mass is 10.2. The Morgan fingerprint density at radius 1 is 1.47 bits per heavy atom. The van der Waals surface area contributed by atoms with Gasteiger partial charge in [0.25, 0.3) is 0 Å². The maximum absolute atomic E-state index is 12.1. The second-order valence-corrected chi connectivity index (χ2v) is 6.15. The fraction of sp³-hybridized carbons (Fsp3) is 0.357. The molecule has 4 nitrogen and oxygen atoms in total. The predicted octanol–water partition coefficient (Wildman–Crippen LogP) is 1.33. The summed E-state index contributed by atoms with van der Waals surface area (Å²) < 4.78 is 24.1. The molecule has 0 aliphatic carbocycles. The molecule has 0 saturated carbocycles. The first-order valence-corrected chi connectivity index (χ1v) is 7.61. The molecule has 1 rings (SSSR count). The topological polar surface area (TPSA) is 70.0 Å². The number of nitrogens with zero attached hydrogens (tertiary/aromatic N) is 1. The van der Waals surface area contributed by atoms with Crippen LogP contribution >= 0.6 is 0 Å². The molecule has 0 aliphatic heterocycles. The first-order valence-electron chi connectivity index (χ1n) is 5.96. The standard InChI is InChI=1S/C14H16N2O2S/c1-3-13(4-2)16-8-9-19(17,18)14-7-5-6-12(10-14)11-15/h1,5-7,10,13,16H,4,8-9H2,2H3. The molecule has 1 aromatic carbocycles. The highest BCUT2D eigenvalue weighted by molar-refractivity contribution is 7.91. The second kappa shape index (κ2) is 6.94. The fourth-order valence-electron chi connectivity index (χ4n) is 1.57. The van der Waals surface area contributed by atoms with Crippen LogP contribution in [-0.2, 0) is 9.84 Å². The van der Waals surface area contributed by atoms with Gasteiger partial charge in [0, 0.05) is 6.54 Å². The quantitative estimate of drug-likeness (QED) is 0.796. The first kappa shape index (κ1) is 15.2. The van der Waals surface area contributed by atoms with E-state index in [0.717, 1.165) is 6.42 Å². The summed E-state index contributed by atoms with van der Waals surface area (Å²) in [5.41, 5.74) is 0.337. The van der Waals surface area contributed by atoms with E-state index in [4.69, 9.17) is 11.7 Å². The lowest BCUT2D eigenvalue weighted by molar-refractivity contribution is 0.579. The monoisotopic (exact) mass is 276 g/mol. The van der Waals surface area contributed by atoms with E-state index in [1.165, 1.54) is 12.1 Å². The first-order chi connectivity index (χ1) is 9.03. The molecular weight excluding hydrogens is 260 g/mol. The summed E-state index contributed by atoms with van der Waals surface area (Å²) >= 11 is 0. The highest BCUT2D eigenvalue weighted by Crippen LogP contribution is 2.12. The van der Waals surface area contributed by atoms with Gasteiger partial charge in [0.05, 0.1) is 28.3 Å². The number of terminal acetylenes is 1. The highest BCUT2D eigenvalue weighted by atomic mass is 32.2. The predicted molar refractivity (Wildman–Crippen MR) is 74.1 cm³/mol. The van der Waals surface area contributed by atoms with Gasteiger partial charge >= 0.3 is 0 Å². The number of hydrogen-bond acceptors (Lipinski definition) is 4. The van der Waals surface area contributed by atoms with Crippen molar-refractivity contribution in [2.45, 2.75) is 24.3 Å². The molecule has 0 amide bonds. The summed E-state index contributed by atoms with van der Waals surface area (Å²) in [6.45, 7) is 2.23. The van der Waals surface area contributed by atoms with Gasteiger partial charge in [-0.25, -0.2) is 8.42 Å². The van der Waals surface area contributed by atoms with E-state index in [2.05, 4.69) is 11.2 Å². The summed E-state index contributed by atoms with van der Waals surface area (Å²) in [6, 6.07) is 7.83. The third-order valence-corrected chi connectivity index (χ3v) is 4.41. The van der Waals surface area contributed by atoms with Gasteiger partial charge in [-0.05, 0) is 24.6 Å². The smallest absolute Gasteiger partial charge is 0.179 e. The zero-order valence-electron chi connectivity index (χ0n) is 10.8. The largest absolute Gasteiger partial charge is 0.303 e. The van der Waals surface area contributed by atoms with Crippen molar-refractivity contribution in [1.82, 2.24) is 5.32 Å². The number of nitrogens with one attached hydrogen (secondary N) is 1. The summed E-state index contributed by atoms with van der Waals surface area (Å²) in [5.74, 6) is 2.51. The second-order valence-electron chi connectivity index (χ2n) is 4.04. The normalized spacial score (nSPS) is 12.4. The van der Waals surface area contributed by atoms with Crippen LogP contribution in [0.25, 0.3) is 0 Å². The third-order valence-electron chi connectivity index (χ3n) is 2.69. The summed E-state index contributed by atoms with van der Waals surface area (Å²) in [4.78, 5) is 0.169. The van der Waals surface area contributed by atoms with Crippen LogP contribution in [0.2, 0.25) is 0 Å². The number of hydrogen-bond donors (Lipinski definition) is 1. The summed E-state index contributed by atoms with van der Waals surface area (Å²) in [7, 11) is -3.39. The molecule has 0 fully saturated rings. The number of sulfone groups is 1. The molecule has 5 heteroatoms. The van der Waals surface area contributed by atoms with E-state index in [0.29, 0.717) is 12.1 Å². The molecule has 0 aromatic heterocycles. The van der Waals surface area contributed by atoms with E-state index < -0.39 is 9.84 Å². The van der Waals surface area contributed by atoms with Crippen LogP contribution in [-0.4, -0.2) is 26.8 Å². The van der Waals surface area contributed by atoms with E-state index in [1.807, 2.05) is 13.0 Å². The van der Waals surface area contributed by atoms with Gasteiger partial charge in [0.1, 0.15) is 0 Å². The maximum atomic E-state index is 12.1. The minimum Gasteiger partial charge on any atom is -0.303 e. The molecule has 0 saturated heterocycles. The van der Waals surface area contributed by atoms with Crippen molar-refractivity contribution in [3.05, 3.63) is 29.8 Å². The van der Waals surface area contributed by atoms with Gasteiger partial charge in [-0.1, -0.05) is 18.9 Å². The van der Waals surface area contributed by atoms with Crippen LogP contribution in [0.3, 0.4) is 0 Å². The Kier molecular flexibility index (Phi) is 5.57. The number of rotatable bonds is 6. The molecule has 1 unspecified atom stereocenters. The Morgan fingerprint density at radius 3 is 2.79 bits per heavy atom. The van der Waals surface area contributed by atoms with E-state index >= 15 is 0 Å². The van der Waals surface area contributed by atoms with Crippen LogP contribution in [0.5, 0.6) is 0 Å². The SMILES string of the molecule is C#CC(CC)NCCS(=O)(=O)c1cccc(C#N)c1. The van der Waals surface area contributed by atoms with Crippen molar-refractivity contribution in [2.24, 2.45) is 0 Å². The molecule has 0 bridgehead atoms. The van der Waals surface area contributed by atoms with Gasteiger partial charge in [-0.15, -0.1) is 6.42 Å². The van der Waals surface area contributed by atoms with Gasteiger partial charge in [0.15, 0.2) is 9.84 Å². The van der Waals surface area contributed by atoms with Gasteiger partial charge < -0.3 is 5.32 Å². The van der Waals surface area contributed by atoms with E-state index in [1.54, 1.807) is 12.1 Å². The van der Waals surface area contributed by atoms with Gasteiger partial charge in [0.2, 0.25) is 0 Å². The number of benzene rings is 1. The average Bonchev–Trinajstić information content (AvgIpc) is 2.43. The Labute approximate surface area is 114 Å². The fourth-order valence-corrected chi connectivity index (χ4v) is 2.78. The van der Waals surface area contributed by atoms with Crippen LogP contribution < -0.4 is 5.32 Å². The summed E-state index contributed by atoms with van der Waals surface area (Å²) in [5, 5.41) is 11.8. The minimum absolute atomic E-state index is 0.0416. The van der Waals surface area contributed by atoms with Crippen LogP contribution in [0.15, 0.2) is 29.2 Å². The molecule has 1 N–H and O–H groups in total. The van der Waals surface area contributed by atoms with Crippen molar-refractivity contribution < 1.29 is 8.42 Å². The van der Waals surface area contributed by atoms with Gasteiger partial charge in [-0.2, -0.15) is 5.26 Å². The lowest BCUT2D eigenvalue weighted by Gasteiger charge is -2.10. The van der Waals surface area contributed by atoms with Crippen molar-refractivity contribution in [2.75, 3.05) is 12.3 Å². The van der Waals surface area contributed by atoms with E-state index in [9.17, 15) is 8.42 Å². The van der Waals surface area contributed by atoms with Gasteiger partial charge in [-0.3, -0.25) is 0 Å². The molecule has 1 aromatic rings.